The van der Waals surface area contributed by atoms with Gasteiger partial charge in [-0.1, -0.05) is 32.1 Å². The van der Waals surface area contributed by atoms with Crippen LogP contribution >= 0.6 is 0 Å². The zero-order valence-electron chi connectivity index (χ0n) is 17.7. The van der Waals surface area contributed by atoms with Crippen LogP contribution in [0.4, 0.5) is 5.95 Å². The number of fused-ring (bicyclic) bond motifs is 1. The maximum Gasteiger partial charge on any atom is 0.338 e. The lowest BCUT2D eigenvalue weighted by Crippen LogP contribution is -2.29. The van der Waals surface area contributed by atoms with Crippen molar-refractivity contribution in [2.24, 2.45) is 0 Å². The molecule has 0 radical (unpaired) electrons. The second kappa shape index (κ2) is 9.96. The van der Waals surface area contributed by atoms with Gasteiger partial charge >= 0.3 is 5.97 Å². The molecule has 1 atom stereocenters. The molecule has 0 amide bonds. The molecule has 2 heterocycles. The lowest BCUT2D eigenvalue weighted by molar-refractivity contribution is -0.138. The van der Waals surface area contributed by atoms with E-state index in [0.29, 0.717) is 41.9 Å². The summed E-state index contributed by atoms with van der Waals surface area (Å²) in [5.74, 6) is 1.42. The van der Waals surface area contributed by atoms with Crippen LogP contribution in [0.25, 0.3) is 0 Å². The molecule has 8 nitrogen and oxygen atoms in total. The third kappa shape index (κ3) is 4.48. The van der Waals surface area contributed by atoms with E-state index in [1.165, 1.54) is 12.4 Å². The molecule has 1 unspecified atom stereocenters. The fraction of sp³-hybridized carbons (Fsp3) is 0.409. The van der Waals surface area contributed by atoms with Crippen LogP contribution in [-0.4, -0.2) is 40.6 Å². The van der Waals surface area contributed by atoms with Crippen molar-refractivity contribution in [3.8, 4) is 11.5 Å². The maximum atomic E-state index is 12.8. The number of carbonyl (C=O) groups is 1. The molecule has 1 N–H and O–H groups in total. The van der Waals surface area contributed by atoms with Crippen LogP contribution < -0.4 is 14.8 Å². The summed E-state index contributed by atoms with van der Waals surface area (Å²) in [6.45, 7) is 10.7. The Bertz CT molecular complexity index is 935. The third-order valence-electron chi connectivity index (χ3n) is 4.69. The Morgan fingerprint density at radius 3 is 2.87 bits per heavy atom. The molecule has 0 spiro atoms. The predicted molar refractivity (Wildman–Crippen MR) is 114 cm³/mol. The number of ether oxygens (including phenoxy) is 3. The van der Waals surface area contributed by atoms with Crippen molar-refractivity contribution in [2.75, 3.05) is 25.1 Å². The lowest BCUT2D eigenvalue weighted by atomic mass is 9.95. The van der Waals surface area contributed by atoms with Crippen LogP contribution in [0.3, 0.4) is 0 Å². The van der Waals surface area contributed by atoms with E-state index >= 15 is 0 Å². The Morgan fingerprint density at radius 2 is 2.13 bits per heavy atom. The van der Waals surface area contributed by atoms with E-state index in [2.05, 4.69) is 28.9 Å². The Morgan fingerprint density at radius 1 is 1.30 bits per heavy atom. The minimum Gasteiger partial charge on any atom is -0.490 e. The molecule has 0 bridgehead atoms. The topological polar surface area (TPSA) is 87.5 Å². The average molecular weight is 412 g/mol. The fourth-order valence-corrected chi connectivity index (χ4v) is 3.28. The van der Waals surface area contributed by atoms with Crippen molar-refractivity contribution in [3.05, 3.63) is 54.0 Å². The second-order valence-corrected chi connectivity index (χ2v) is 6.82. The van der Waals surface area contributed by atoms with E-state index in [9.17, 15) is 4.79 Å². The normalized spacial score (nSPS) is 15.2. The molecule has 3 rings (SSSR count). The monoisotopic (exact) mass is 412 g/mol. The van der Waals surface area contributed by atoms with Crippen molar-refractivity contribution in [3.63, 3.8) is 0 Å². The fourth-order valence-electron chi connectivity index (χ4n) is 3.28. The number of nitrogens with one attached hydrogen (secondary N) is 1. The number of hydrogen-bond acceptors (Lipinski definition) is 7. The summed E-state index contributed by atoms with van der Waals surface area (Å²) in [7, 11) is 0. The SMILES string of the molecule is C=CCOC(=O)C1=C(C)Nc2ncnn2C1c1ccc(OCCCC)c(OCC)c1. The number of anilines is 1. The molecule has 1 aromatic carbocycles. The molecule has 8 heteroatoms. The summed E-state index contributed by atoms with van der Waals surface area (Å²) in [6, 6.07) is 5.17. The number of unbranched alkanes of at least 4 members (excludes halogenated alkanes) is 1. The van der Waals surface area contributed by atoms with Gasteiger partial charge in [0.25, 0.3) is 0 Å². The summed E-state index contributed by atoms with van der Waals surface area (Å²) in [4.78, 5) is 17.1. The van der Waals surface area contributed by atoms with E-state index in [1.807, 2.05) is 32.0 Å². The van der Waals surface area contributed by atoms with Gasteiger partial charge in [0.1, 0.15) is 19.0 Å². The van der Waals surface area contributed by atoms with E-state index in [1.54, 1.807) is 4.68 Å². The summed E-state index contributed by atoms with van der Waals surface area (Å²) in [5.41, 5.74) is 1.94. The molecule has 160 valence electrons. The number of nitrogens with zero attached hydrogens (tertiary/aromatic N) is 3. The van der Waals surface area contributed by atoms with Gasteiger partial charge in [-0.25, -0.2) is 9.48 Å². The van der Waals surface area contributed by atoms with E-state index in [-0.39, 0.29) is 6.61 Å². The average Bonchev–Trinajstić information content (AvgIpc) is 3.20. The van der Waals surface area contributed by atoms with Crippen molar-refractivity contribution in [1.82, 2.24) is 14.8 Å². The molecule has 1 aliphatic heterocycles. The Labute approximate surface area is 176 Å². The first kappa shape index (κ1) is 21.4. The number of carbonyl (C=O) groups excluding carboxylic acids is 1. The van der Waals surface area contributed by atoms with E-state index < -0.39 is 12.0 Å². The molecule has 0 saturated heterocycles. The Balaban J connectivity index is 2.02. The molecule has 0 fully saturated rings. The number of benzene rings is 1. The van der Waals surface area contributed by atoms with Gasteiger partial charge < -0.3 is 19.5 Å². The molecular weight excluding hydrogens is 384 g/mol. The highest BCUT2D eigenvalue weighted by Gasteiger charge is 2.34. The van der Waals surface area contributed by atoms with Gasteiger partial charge in [0.2, 0.25) is 5.95 Å². The van der Waals surface area contributed by atoms with Crippen molar-refractivity contribution >= 4 is 11.9 Å². The number of esters is 1. The van der Waals surface area contributed by atoms with E-state index in [0.717, 1.165) is 18.4 Å². The molecule has 2 aromatic rings. The van der Waals surface area contributed by atoms with Crippen LogP contribution in [0.5, 0.6) is 11.5 Å². The Hall–Kier alpha value is -3.29. The zero-order chi connectivity index (χ0) is 21.5. The first-order chi connectivity index (χ1) is 14.6. The van der Waals surface area contributed by atoms with Gasteiger partial charge in [0.15, 0.2) is 11.5 Å². The first-order valence-electron chi connectivity index (χ1n) is 10.2. The van der Waals surface area contributed by atoms with Gasteiger partial charge in [-0.3, -0.25) is 0 Å². The molecule has 1 aliphatic rings. The molecule has 0 aliphatic carbocycles. The van der Waals surface area contributed by atoms with Gasteiger partial charge in [-0.2, -0.15) is 10.1 Å². The standard InChI is InChI=1S/C22H28N4O4/c1-5-8-12-29-17-10-9-16(13-18(17)28-7-3)20-19(21(27)30-11-6-2)15(4)25-22-23-14-24-26(20)22/h6,9-10,13-14,20H,2,5,7-8,11-12H2,1,3-4H3,(H,23,24,25). The summed E-state index contributed by atoms with van der Waals surface area (Å²) >= 11 is 0. The van der Waals surface area contributed by atoms with Crippen LogP contribution in [0, 0.1) is 0 Å². The first-order valence-corrected chi connectivity index (χ1v) is 10.2. The maximum absolute atomic E-state index is 12.8. The van der Waals surface area contributed by atoms with Crippen LogP contribution in [0.1, 0.15) is 45.2 Å². The molecule has 30 heavy (non-hydrogen) atoms. The smallest absolute Gasteiger partial charge is 0.338 e. The number of rotatable bonds is 10. The minimum absolute atomic E-state index is 0.126. The highest BCUT2D eigenvalue weighted by molar-refractivity contribution is 5.92. The van der Waals surface area contributed by atoms with Crippen LogP contribution in [-0.2, 0) is 9.53 Å². The second-order valence-electron chi connectivity index (χ2n) is 6.82. The number of aromatic nitrogens is 3. The predicted octanol–water partition coefficient (Wildman–Crippen LogP) is 3.87. The number of hydrogen-bond donors (Lipinski definition) is 1. The van der Waals surface area contributed by atoms with E-state index in [4.69, 9.17) is 14.2 Å². The largest absolute Gasteiger partial charge is 0.490 e. The molecule has 1 aromatic heterocycles. The van der Waals surface area contributed by atoms with Crippen LogP contribution in [0.2, 0.25) is 0 Å². The van der Waals surface area contributed by atoms with Crippen molar-refractivity contribution < 1.29 is 19.0 Å². The van der Waals surface area contributed by atoms with Gasteiger partial charge in [0.05, 0.1) is 18.8 Å². The highest BCUT2D eigenvalue weighted by atomic mass is 16.5. The zero-order valence-corrected chi connectivity index (χ0v) is 17.7. The Kier molecular flexibility index (Phi) is 7.11. The third-order valence-corrected chi connectivity index (χ3v) is 4.69. The summed E-state index contributed by atoms with van der Waals surface area (Å²) in [5, 5.41) is 7.45. The molecular formula is C22H28N4O4. The highest BCUT2D eigenvalue weighted by Crippen LogP contribution is 2.39. The van der Waals surface area contributed by atoms with Gasteiger partial charge in [0, 0.05) is 5.70 Å². The van der Waals surface area contributed by atoms with Gasteiger partial charge in [-0.05, 0) is 38.0 Å². The summed E-state index contributed by atoms with van der Waals surface area (Å²) < 4.78 is 18.7. The number of allylic oxidation sites excluding steroid dienone is 1. The minimum atomic E-state index is -0.509. The van der Waals surface area contributed by atoms with Gasteiger partial charge in [-0.15, -0.1) is 0 Å². The van der Waals surface area contributed by atoms with Crippen LogP contribution in [0.15, 0.2) is 48.5 Å². The molecule has 0 saturated carbocycles. The summed E-state index contributed by atoms with van der Waals surface area (Å²) in [6.07, 6.45) is 5.00. The van der Waals surface area contributed by atoms with Crippen molar-refractivity contribution in [2.45, 2.75) is 39.7 Å². The quantitative estimate of drug-likeness (QED) is 0.360. The lowest BCUT2D eigenvalue weighted by Gasteiger charge is -2.28. The van der Waals surface area contributed by atoms with Crippen molar-refractivity contribution in [1.29, 1.82) is 0 Å².